The van der Waals surface area contributed by atoms with E-state index < -0.39 is 0 Å². The molecular formula is C25H25Cl2N5OS2. The Bertz CT molecular complexity index is 1290. The van der Waals surface area contributed by atoms with Gasteiger partial charge in [-0.15, -0.1) is 21.5 Å². The van der Waals surface area contributed by atoms with E-state index >= 15 is 0 Å². The number of aromatic nitrogens is 4. The molecule has 0 saturated carbocycles. The van der Waals surface area contributed by atoms with Crippen molar-refractivity contribution in [1.29, 1.82) is 0 Å². The molecule has 0 bridgehead atoms. The molecule has 2 heterocycles. The highest BCUT2D eigenvalue weighted by Gasteiger charge is 2.19. The molecule has 10 heteroatoms. The van der Waals surface area contributed by atoms with Gasteiger partial charge >= 0.3 is 0 Å². The number of rotatable bonds is 11. The summed E-state index contributed by atoms with van der Waals surface area (Å²) in [5, 5.41) is 16.3. The summed E-state index contributed by atoms with van der Waals surface area (Å²) in [6, 6.07) is 15.1. The third-order valence-corrected chi connectivity index (χ3v) is 7.78. The van der Waals surface area contributed by atoms with Gasteiger partial charge in [0, 0.05) is 22.5 Å². The molecule has 0 unspecified atom stereocenters. The van der Waals surface area contributed by atoms with Crippen LogP contribution in [-0.4, -0.2) is 32.2 Å². The summed E-state index contributed by atoms with van der Waals surface area (Å²) < 4.78 is 1.94. The highest BCUT2D eigenvalue weighted by atomic mass is 35.5. The first-order chi connectivity index (χ1) is 17.1. The summed E-state index contributed by atoms with van der Waals surface area (Å²) in [4.78, 5) is 16.9. The minimum atomic E-state index is -0.128. The Morgan fingerprint density at radius 1 is 1.09 bits per heavy atom. The summed E-state index contributed by atoms with van der Waals surface area (Å²) >= 11 is 15.7. The third kappa shape index (κ3) is 6.64. The minimum Gasteiger partial charge on any atom is -0.351 e. The quantitative estimate of drug-likeness (QED) is 0.158. The lowest BCUT2D eigenvalue weighted by molar-refractivity contribution is 0.0948. The number of nitrogens with zero attached hydrogens (tertiary/aromatic N) is 4. The van der Waals surface area contributed by atoms with Crippen molar-refractivity contribution in [3.8, 4) is 17.1 Å². The van der Waals surface area contributed by atoms with E-state index in [1.54, 1.807) is 5.38 Å². The van der Waals surface area contributed by atoms with Crippen LogP contribution in [0.25, 0.3) is 17.1 Å². The summed E-state index contributed by atoms with van der Waals surface area (Å²) in [7, 11) is 0. The van der Waals surface area contributed by atoms with Crippen molar-refractivity contribution in [2.24, 2.45) is 0 Å². The molecule has 0 saturated heterocycles. The molecule has 0 aliphatic heterocycles. The maximum atomic E-state index is 12.4. The van der Waals surface area contributed by atoms with Crippen molar-refractivity contribution in [3.05, 3.63) is 74.7 Å². The minimum absolute atomic E-state index is 0.128. The number of carbonyl (C=O) groups excluding carboxylic acids is 1. The highest BCUT2D eigenvalue weighted by Crippen LogP contribution is 2.33. The summed E-state index contributed by atoms with van der Waals surface area (Å²) in [5.41, 5.74) is 2.07. The zero-order valence-electron chi connectivity index (χ0n) is 19.2. The second-order valence-electron chi connectivity index (χ2n) is 7.83. The molecule has 182 valence electrons. The molecule has 1 N–H and O–H groups in total. The van der Waals surface area contributed by atoms with E-state index in [2.05, 4.69) is 27.4 Å². The predicted octanol–water partition coefficient (Wildman–Crippen LogP) is 7.30. The Balaban J connectivity index is 1.51. The lowest BCUT2D eigenvalue weighted by Crippen LogP contribution is -2.24. The van der Waals surface area contributed by atoms with Gasteiger partial charge in [0.1, 0.15) is 10.7 Å². The molecule has 0 aliphatic rings. The fourth-order valence-electron chi connectivity index (χ4n) is 3.48. The number of unbranched alkanes of at least 4 members (excludes halogenated alkanes) is 3. The van der Waals surface area contributed by atoms with E-state index in [-0.39, 0.29) is 5.91 Å². The van der Waals surface area contributed by atoms with Crippen molar-refractivity contribution in [2.75, 3.05) is 6.54 Å². The topological polar surface area (TPSA) is 72.7 Å². The fourth-order valence-corrected chi connectivity index (χ4v) is 5.63. The van der Waals surface area contributed by atoms with Crippen LogP contribution in [0.5, 0.6) is 0 Å². The molecule has 1 amide bonds. The van der Waals surface area contributed by atoms with E-state index in [9.17, 15) is 4.79 Å². The van der Waals surface area contributed by atoms with Gasteiger partial charge in [-0.2, -0.15) is 0 Å². The van der Waals surface area contributed by atoms with E-state index in [1.807, 2.05) is 53.1 Å². The number of thioether (sulfide) groups is 1. The van der Waals surface area contributed by atoms with Crippen molar-refractivity contribution in [2.45, 2.75) is 43.5 Å². The second kappa shape index (κ2) is 12.5. The standard InChI is InChI=1S/C25H25Cl2N5OS2/c1-2-3-4-7-13-28-24(33)21-15-34-22(29-21)16-35-25-31-30-23(19-11-5-6-12-20(19)27)32(25)18-10-8-9-17(26)14-18/h5-6,8-12,14-15H,2-4,7,13,16H2,1H3,(H,28,33). The lowest BCUT2D eigenvalue weighted by Gasteiger charge is -2.11. The fraction of sp³-hybridized carbons (Fsp3) is 0.280. The Morgan fingerprint density at radius 3 is 2.74 bits per heavy atom. The molecule has 2 aromatic heterocycles. The van der Waals surface area contributed by atoms with Crippen LogP contribution in [0.2, 0.25) is 10.0 Å². The normalized spacial score (nSPS) is 11.1. The number of carbonyl (C=O) groups is 1. The number of halogens is 2. The number of nitrogens with one attached hydrogen (secondary N) is 1. The number of benzene rings is 2. The largest absolute Gasteiger partial charge is 0.351 e. The molecule has 0 aliphatic carbocycles. The van der Waals surface area contributed by atoms with Gasteiger partial charge in [-0.1, -0.05) is 79.3 Å². The molecule has 0 radical (unpaired) electrons. The Hall–Kier alpha value is -2.39. The number of hydrogen-bond acceptors (Lipinski definition) is 6. The predicted molar refractivity (Wildman–Crippen MR) is 145 cm³/mol. The molecule has 6 nitrogen and oxygen atoms in total. The van der Waals surface area contributed by atoms with E-state index in [0.717, 1.165) is 29.1 Å². The van der Waals surface area contributed by atoms with E-state index in [1.165, 1.54) is 35.9 Å². The monoisotopic (exact) mass is 545 g/mol. The molecule has 2 aromatic carbocycles. The van der Waals surface area contributed by atoms with Crippen LogP contribution in [0.1, 0.15) is 48.1 Å². The summed E-state index contributed by atoms with van der Waals surface area (Å²) in [6.07, 6.45) is 4.47. The van der Waals surface area contributed by atoms with Crippen molar-refractivity contribution >= 4 is 52.2 Å². The number of hydrogen-bond donors (Lipinski definition) is 1. The van der Waals surface area contributed by atoms with Crippen molar-refractivity contribution in [1.82, 2.24) is 25.1 Å². The highest BCUT2D eigenvalue weighted by molar-refractivity contribution is 7.98. The average molecular weight is 547 g/mol. The maximum Gasteiger partial charge on any atom is 0.270 e. The molecule has 4 rings (SSSR count). The first-order valence-corrected chi connectivity index (χ1v) is 14.0. The van der Waals surface area contributed by atoms with Crippen molar-refractivity contribution < 1.29 is 4.79 Å². The van der Waals surface area contributed by atoms with Crippen LogP contribution in [-0.2, 0) is 5.75 Å². The molecule has 0 fully saturated rings. The SMILES string of the molecule is CCCCCCNC(=O)c1csc(CSc2nnc(-c3ccccc3Cl)n2-c2cccc(Cl)c2)n1. The van der Waals surface area contributed by atoms with Gasteiger partial charge in [0.15, 0.2) is 11.0 Å². The molecular weight excluding hydrogens is 521 g/mol. The van der Waals surface area contributed by atoms with Crippen LogP contribution in [0.3, 0.4) is 0 Å². The molecule has 4 aromatic rings. The van der Waals surface area contributed by atoms with Gasteiger partial charge in [-0.05, 0) is 36.8 Å². The number of amides is 1. The summed E-state index contributed by atoms with van der Waals surface area (Å²) in [6.45, 7) is 2.84. The van der Waals surface area contributed by atoms with Crippen LogP contribution >= 0.6 is 46.3 Å². The third-order valence-electron chi connectivity index (χ3n) is 5.24. The Morgan fingerprint density at radius 2 is 1.94 bits per heavy atom. The van der Waals surface area contributed by atoms with Gasteiger partial charge in [-0.3, -0.25) is 9.36 Å². The van der Waals surface area contributed by atoms with Crippen LogP contribution in [0.15, 0.2) is 59.1 Å². The van der Waals surface area contributed by atoms with E-state index in [0.29, 0.717) is 39.0 Å². The van der Waals surface area contributed by atoms with Gasteiger partial charge in [0.05, 0.1) is 16.5 Å². The van der Waals surface area contributed by atoms with Gasteiger partial charge in [-0.25, -0.2) is 4.98 Å². The van der Waals surface area contributed by atoms with Gasteiger partial charge in [0.25, 0.3) is 5.91 Å². The lowest BCUT2D eigenvalue weighted by atomic mass is 10.2. The zero-order chi connectivity index (χ0) is 24.6. The van der Waals surface area contributed by atoms with Crippen LogP contribution < -0.4 is 5.32 Å². The Kier molecular flexibility index (Phi) is 9.20. The zero-order valence-corrected chi connectivity index (χ0v) is 22.4. The second-order valence-corrected chi connectivity index (χ2v) is 10.6. The van der Waals surface area contributed by atoms with Crippen LogP contribution in [0, 0.1) is 0 Å². The first kappa shape index (κ1) is 25.7. The van der Waals surface area contributed by atoms with E-state index in [4.69, 9.17) is 23.2 Å². The van der Waals surface area contributed by atoms with Crippen LogP contribution in [0.4, 0.5) is 0 Å². The Labute approximate surface area is 223 Å². The van der Waals surface area contributed by atoms with Gasteiger partial charge in [0.2, 0.25) is 0 Å². The first-order valence-electron chi connectivity index (χ1n) is 11.4. The summed E-state index contributed by atoms with van der Waals surface area (Å²) in [5.74, 6) is 1.05. The molecule has 0 atom stereocenters. The molecule has 35 heavy (non-hydrogen) atoms. The maximum absolute atomic E-state index is 12.4. The molecule has 0 spiro atoms. The van der Waals surface area contributed by atoms with Gasteiger partial charge < -0.3 is 5.32 Å². The number of thiazole rings is 1. The smallest absolute Gasteiger partial charge is 0.270 e. The van der Waals surface area contributed by atoms with Crippen molar-refractivity contribution in [3.63, 3.8) is 0 Å². The average Bonchev–Trinajstić information content (AvgIpc) is 3.50.